The van der Waals surface area contributed by atoms with E-state index in [0.29, 0.717) is 5.92 Å². The third-order valence-corrected chi connectivity index (χ3v) is 4.38. The highest BCUT2D eigenvalue weighted by Gasteiger charge is 2.18. The molecule has 2 heterocycles. The number of thioether (sulfide) groups is 1. The zero-order chi connectivity index (χ0) is 11.0. The van der Waals surface area contributed by atoms with Gasteiger partial charge in [-0.2, -0.15) is 11.8 Å². The molecule has 1 N–H and O–H groups in total. The molecule has 2 aromatic rings. The summed E-state index contributed by atoms with van der Waals surface area (Å²) in [5.41, 5.74) is 2.00. The molecule has 4 heteroatoms. The van der Waals surface area contributed by atoms with Gasteiger partial charge in [0.25, 0.3) is 0 Å². The first-order valence-corrected chi connectivity index (χ1v) is 6.75. The number of hydrogen-bond donors (Lipinski definition) is 1. The predicted molar refractivity (Wildman–Crippen MR) is 68.0 cm³/mol. The maximum absolute atomic E-state index is 11.8. The van der Waals surface area contributed by atoms with Gasteiger partial charge < -0.3 is 4.98 Å². The Labute approximate surface area is 97.9 Å². The Morgan fingerprint density at radius 1 is 1.44 bits per heavy atom. The highest BCUT2D eigenvalue weighted by molar-refractivity contribution is 7.99. The lowest BCUT2D eigenvalue weighted by molar-refractivity contribution is 0.492. The molecule has 84 valence electrons. The van der Waals surface area contributed by atoms with Gasteiger partial charge in [0.15, 0.2) is 0 Å². The minimum atomic E-state index is 0.0260. The number of fused-ring (bicyclic) bond motifs is 1. The van der Waals surface area contributed by atoms with Crippen molar-refractivity contribution < 1.29 is 0 Å². The quantitative estimate of drug-likeness (QED) is 0.864. The van der Waals surface area contributed by atoms with Gasteiger partial charge in [-0.05, 0) is 36.0 Å². The Morgan fingerprint density at radius 2 is 2.31 bits per heavy atom. The van der Waals surface area contributed by atoms with E-state index in [0.717, 1.165) is 17.6 Å². The van der Waals surface area contributed by atoms with Crippen LogP contribution >= 0.6 is 11.8 Å². The number of aromatic amines is 1. The van der Waals surface area contributed by atoms with Gasteiger partial charge in [-0.25, -0.2) is 4.79 Å². The lowest BCUT2D eigenvalue weighted by Gasteiger charge is -2.08. The average molecular weight is 234 g/mol. The van der Waals surface area contributed by atoms with Crippen LogP contribution in [0.15, 0.2) is 29.1 Å². The minimum Gasteiger partial charge on any atom is -0.306 e. The summed E-state index contributed by atoms with van der Waals surface area (Å²) in [4.78, 5) is 14.7. The van der Waals surface area contributed by atoms with E-state index in [9.17, 15) is 4.79 Å². The van der Waals surface area contributed by atoms with Crippen molar-refractivity contribution in [3.05, 3.63) is 34.7 Å². The molecule has 1 saturated heterocycles. The average Bonchev–Trinajstić information content (AvgIpc) is 2.89. The number of imidazole rings is 1. The molecule has 0 spiro atoms. The normalized spacial score (nSPS) is 20.6. The molecule has 3 rings (SSSR count). The van der Waals surface area contributed by atoms with Crippen LogP contribution in [-0.2, 0) is 6.54 Å². The number of nitrogens with zero attached hydrogens (tertiary/aromatic N) is 1. The molecule has 16 heavy (non-hydrogen) atoms. The first kappa shape index (κ1) is 10.0. The Balaban J connectivity index is 2.01. The monoisotopic (exact) mass is 234 g/mol. The van der Waals surface area contributed by atoms with Crippen molar-refractivity contribution in [3.63, 3.8) is 0 Å². The van der Waals surface area contributed by atoms with E-state index in [-0.39, 0.29) is 5.69 Å². The summed E-state index contributed by atoms with van der Waals surface area (Å²) >= 11 is 1.99. The van der Waals surface area contributed by atoms with Gasteiger partial charge in [0, 0.05) is 6.54 Å². The molecule has 1 aromatic heterocycles. The van der Waals surface area contributed by atoms with Crippen molar-refractivity contribution in [3.8, 4) is 0 Å². The van der Waals surface area contributed by atoms with Gasteiger partial charge in [-0.3, -0.25) is 4.57 Å². The van der Waals surface area contributed by atoms with Crippen LogP contribution in [0, 0.1) is 5.92 Å². The molecular formula is C12H14N2OS. The fourth-order valence-electron chi connectivity index (χ4n) is 2.27. The lowest BCUT2D eigenvalue weighted by atomic mass is 10.1. The second-order valence-electron chi connectivity index (χ2n) is 4.29. The van der Waals surface area contributed by atoms with Gasteiger partial charge in [0.1, 0.15) is 0 Å². The lowest BCUT2D eigenvalue weighted by Crippen LogP contribution is -2.21. The van der Waals surface area contributed by atoms with Crippen molar-refractivity contribution in [2.24, 2.45) is 5.92 Å². The Morgan fingerprint density at radius 3 is 3.12 bits per heavy atom. The Hall–Kier alpha value is -1.16. The number of benzene rings is 1. The largest absolute Gasteiger partial charge is 0.326 e. The predicted octanol–water partition coefficient (Wildman–Crippen LogP) is 2.08. The highest BCUT2D eigenvalue weighted by Crippen LogP contribution is 2.25. The molecule has 0 amide bonds. The zero-order valence-electron chi connectivity index (χ0n) is 8.98. The molecule has 0 aliphatic carbocycles. The fourth-order valence-corrected chi connectivity index (χ4v) is 3.55. The van der Waals surface area contributed by atoms with Crippen molar-refractivity contribution in [1.29, 1.82) is 0 Å². The van der Waals surface area contributed by atoms with Crippen LogP contribution < -0.4 is 5.69 Å². The van der Waals surface area contributed by atoms with Crippen LogP contribution in [0.4, 0.5) is 0 Å². The first-order valence-electron chi connectivity index (χ1n) is 5.60. The van der Waals surface area contributed by atoms with Gasteiger partial charge in [0.2, 0.25) is 0 Å². The fraction of sp³-hybridized carbons (Fsp3) is 0.417. The molecule has 0 bridgehead atoms. The molecule has 1 aromatic carbocycles. The summed E-state index contributed by atoms with van der Waals surface area (Å²) in [5.74, 6) is 3.08. The number of H-pyrrole nitrogens is 1. The van der Waals surface area contributed by atoms with Crippen molar-refractivity contribution >= 4 is 22.8 Å². The van der Waals surface area contributed by atoms with Crippen LogP contribution in [0.1, 0.15) is 6.42 Å². The summed E-state index contributed by atoms with van der Waals surface area (Å²) in [6.07, 6.45) is 1.23. The topological polar surface area (TPSA) is 37.8 Å². The van der Waals surface area contributed by atoms with Crippen molar-refractivity contribution in [2.45, 2.75) is 13.0 Å². The van der Waals surface area contributed by atoms with Gasteiger partial charge >= 0.3 is 5.69 Å². The third-order valence-electron chi connectivity index (χ3n) is 3.15. The van der Waals surface area contributed by atoms with Crippen LogP contribution in [0.2, 0.25) is 0 Å². The second-order valence-corrected chi connectivity index (χ2v) is 5.44. The molecule has 1 aliphatic rings. The summed E-state index contributed by atoms with van der Waals surface area (Å²) < 4.78 is 1.88. The molecule has 1 atom stereocenters. The highest BCUT2D eigenvalue weighted by atomic mass is 32.2. The molecule has 0 saturated carbocycles. The van der Waals surface area contributed by atoms with Crippen LogP contribution in [-0.4, -0.2) is 21.1 Å². The first-order chi connectivity index (χ1) is 7.84. The number of para-hydroxylation sites is 2. The zero-order valence-corrected chi connectivity index (χ0v) is 9.80. The smallest absolute Gasteiger partial charge is 0.306 e. The van der Waals surface area contributed by atoms with Crippen LogP contribution in [0.25, 0.3) is 11.0 Å². The van der Waals surface area contributed by atoms with Crippen LogP contribution in [0.3, 0.4) is 0 Å². The SMILES string of the molecule is O=c1[nH]c2ccccc2n1CC1CCSC1. The maximum Gasteiger partial charge on any atom is 0.326 e. The standard InChI is InChI=1S/C12H14N2OS/c15-12-13-10-3-1-2-4-11(10)14(12)7-9-5-6-16-8-9/h1-4,9H,5-8H2,(H,13,15). The van der Waals surface area contributed by atoms with Crippen molar-refractivity contribution in [1.82, 2.24) is 9.55 Å². The molecule has 1 fully saturated rings. The molecule has 0 radical (unpaired) electrons. The molecule has 3 nitrogen and oxygen atoms in total. The van der Waals surface area contributed by atoms with E-state index in [1.165, 1.54) is 17.9 Å². The van der Waals surface area contributed by atoms with E-state index >= 15 is 0 Å². The number of aromatic nitrogens is 2. The third kappa shape index (κ3) is 1.67. The number of rotatable bonds is 2. The number of hydrogen-bond acceptors (Lipinski definition) is 2. The maximum atomic E-state index is 11.8. The molecular weight excluding hydrogens is 220 g/mol. The van der Waals surface area contributed by atoms with E-state index in [1.807, 2.05) is 40.6 Å². The summed E-state index contributed by atoms with van der Waals surface area (Å²) in [7, 11) is 0. The van der Waals surface area contributed by atoms with Gasteiger partial charge in [-0.15, -0.1) is 0 Å². The summed E-state index contributed by atoms with van der Waals surface area (Å²) in [5, 5.41) is 0. The summed E-state index contributed by atoms with van der Waals surface area (Å²) in [6, 6.07) is 7.90. The molecule has 1 aliphatic heterocycles. The van der Waals surface area contributed by atoms with E-state index in [2.05, 4.69) is 4.98 Å². The van der Waals surface area contributed by atoms with Gasteiger partial charge in [-0.1, -0.05) is 12.1 Å². The van der Waals surface area contributed by atoms with E-state index < -0.39 is 0 Å². The Bertz CT molecular complexity index is 551. The van der Waals surface area contributed by atoms with E-state index in [1.54, 1.807) is 0 Å². The summed E-state index contributed by atoms with van der Waals surface area (Å²) in [6.45, 7) is 0.857. The van der Waals surface area contributed by atoms with Gasteiger partial charge in [0.05, 0.1) is 11.0 Å². The van der Waals surface area contributed by atoms with Crippen molar-refractivity contribution in [2.75, 3.05) is 11.5 Å². The van der Waals surface area contributed by atoms with E-state index in [4.69, 9.17) is 0 Å². The van der Waals surface area contributed by atoms with Crippen LogP contribution in [0.5, 0.6) is 0 Å². The molecule has 1 unspecified atom stereocenters. The Kier molecular flexibility index (Phi) is 2.52. The number of nitrogens with one attached hydrogen (secondary N) is 1. The minimum absolute atomic E-state index is 0.0260. The second kappa shape index (κ2) is 4.01.